The number of pyridine rings is 1. The zero-order valence-electron chi connectivity index (χ0n) is 10.7. The lowest BCUT2D eigenvalue weighted by Crippen LogP contribution is -1.91. The average molecular weight is 345 g/mol. The molecule has 6 heteroatoms. The highest BCUT2D eigenvalue weighted by Gasteiger charge is 2.06. The molecule has 1 aromatic heterocycles. The van der Waals surface area contributed by atoms with Gasteiger partial charge in [0, 0.05) is 16.6 Å². The lowest BCUT2D eigenvalue weighted by Gasteiger charge is -2.06. The highest BCUT2D eigenvalue weighted by molar-refractivity contribution is 9.10. The number of hydrogen-bond acceptors (Lipinski definition) is 4. The molecule has 0 bridgehead atoms. The third kappa shape index (κ3) is 3.00. The van der Waals surface area contributed by atoms with E-state index in [-0.39, 0.29) is 5.69 Å². The van der Waals surface area contributed by atoms with Crippen LogP contribution in [0.1, 0.15) is 0 Å². The van der Waals surface area contributed by atoms with Gasteiger partial charge in [0.15, 0.2) is 0 Å². The summed E-state index contributed by atoms with van der Waals surface area (Å²) in [5.74, 6) is 0.947. The molecular formula is C15H9BrN2O3. The van der Waals surface area contributed by atoms with Gasteiger partial charge in [0.05, 0.1) is 4.92 Å². The normalized spacial score (nSPS) is 10.5. The second kappa shape index (κ2) is 5.49. The van der Waals surface area contributed by atoms with Crippen molar-refractivity contribution in [3.8, 4) is 11.6 Å². The number of benzene rings is 2. The number of hydrogen-bond donors (Lipinski definition) is 0. The van der Waals surface area contributed by atoms with Crippen molar-refractivity contribution in [1.82, 2.24) is 4.98 Å². The first-order valence-electron chi connectivity index (χ1n) is 6.09. The fraction of sp³-hybridized carbons (Fsp3) is 0. The first-order valence-corrected chi connectivity index (χ1v) is 6.89. The van der Waals surface area contributed by atoms with Crippen LogP contribution in [0.3, 0.4) is 0 Å². The molecule has 1 heterocycles. The second-order valence-corrected chi connectivity index (χ2v) is 5.28. The van der Waals surface area contributed by atoms with Gasteiger partial charge in [-0.3, -0.25) is 10.1 Å². The molecule has 0 aliphatic heterocycles. The molecule has 3 rings (SSSR count). The Balaban J connectivity index is 1.87. The van der Waals surface area contributed by atoms with Crippen molar-refractivity contribution >= 4 is 32.4 Å². The number of ether oxygens (including phenoxy) is 1. The minimum atomic E-state index is -0.495. The van der Waals surface area contributed by atoms with Crippen LogP contribution in [-0.2, 0) is 0 Å². The topological polar surface area (TPSA) is 65.3 Å². The van der Waals surface area contributed by atoms with Crippen LogP contribution in [0.4, 0.5) is 5.69 Å². The first-order chi connectivity index (χ1) is 10.1. The fourth-order valence-corrected chi connectivity index (χ4v) is 2.30. The van der Waals surface area contributed by atoms with Gasteiger partial charge in [0.25, 0.3) is 5.69 Å². The van der Waals surface area contributed by atoms with E-state index in [9.17, 15) is 10.1 Å². The number of nitro groups is 1. The maximum atomic E-state index is 10.6. The zero-order chi connectivity index (χ0) is 14.8. The molecule has 0 N–H and O–H groups in total. The number of aromatic nitrogens is 1. The third-order valence-corrected chi connectivity index (χ3v) is 3.42. The lowest BCUT2D eigenvalue weighted by molar-refractivity contribution is -0.385. The minimum absolute atomic E-state index is 0.0642. The summed E-state index contributed by atoms with van der Waals surface area (Å²) in [4.78, 5) is 14.0. The zero-order valence-corrected chi connectivity index (χ0v) is 12.3. The molecule has 21 heavy (non-hydrogen) atoms. The van der Waals surface area contributed by atoms with Crippen LogP contribution in [0.2, 0.25) is 0 Å². The predicted octanol–water partition coefficient (Wildman–Crippen LogP) is 4.70. The van der Waals surface area contributed by atoms with Crippen molar-refractivity contribution in [3.05, 3.63) is 69.3 Å². The summed E-state index contributed by atoms with van der Waals surface area (Å²) in [5.41, 5.74) is -0.0642. The van der Waals surface area contributed by atoms with Gasteiger partial charge in [-0.25, -0.2) is 4.98 Å². The highest BCUT2D eigenvalue weighted by Crippen LogP contribution is 2.27. The monoisotopic (exact) mass is 344 g/mol. The van der Waals surface area contributed by atoms with Gasteiger partial charge in [-0.2, -0.15) is 0 Å². The molecule has 0 fully saturated rings. The SMILES string of the molecule is O=[N+]([O-])c1ccc(Oc2ccc3cc(Br)ccc3c2)nc1. The van der Waals surface area contributed by atoms with E-state index in [1.54, 1.807) is 0 Å². The van der Waals surface area contributed by atoms with Gasteiger partial charge in [0.2, 0.25) is 5.88 Å². The van der Waals surface area contributed by atoms with Crippen LogP contribution >= 0.6 is 15.9 Å². The van der Waals surface area contributed by atoms with E-state index >= 15 is 0 Å². The molecule has 0 radical (unpaired) electrons. The largest absolute Gasteiger partial charge is 0.439 e. The van der Waals surface area contributed by atoms with Crippen LogP contribution in [0.5, 0.6) is 11.6 Å². The minimum Gasteiger partial charge on any atom is -0.439 e. The first kappa shape index (κ1) is 13.5. The molecule has 0 spiro atoms. The Kier molecular flexibility index (Phi) is 3.53. The molecule has 0 amide bonds. The Morgan fingerprint density at radius 2 is 1.81 bits per heavy atom. The Hall–Kier alpha value is -2.47. The van der Waals surface area contributed by atoms with Gasteiger partial charge in [-0.15, -0.1) is 0 Å². The van der Waals surface area contributed by atoms with E-state index < -0.39 is 4.92 Å². The van der Waals surface area contributed by atoms with Crippen molar-refractivity contribution in [2.24, 2.45) is 0 Å². The van der Waals surface area contributed by atoms with Crippen molar-refractivity contribution in [2.75, 3.05) is 0 Å². The van der Waals surface area contributed by atoms with Gasteiger partial charge >= 0.3 is 0 Å². The quantitative estimate of drug-likeness (QED) is 0.510. The molecule has 2 aromatic carbocycles. The van der Waals surface area contributed by atoms with Gasteiger partial charge in [0.1, 0.15) is 11.9 Å². The van der Waals surface area contributed by atoms with Crippen molar-refractivity contribution in [3.63, 3.8) is 0 Å². The van der Waals surface area contributed by atoms with E-state index in [0.29, 0.717) is 11.6 Å². The molecule has 0 aliphatic rings. The van der Waals surface area contributed by atoms with Gasteiger partial charge in [-0.05, 0) is 35.0 Å². The Bertz CT molecular complexity index is 819. The summed E-state index contributed by atoms with van der Waals surface area (Å²) in [6.45, 7) is 0. The van der Waals surface area contributed by atoms with Gasteiger partial charge in [-0.1, -0.05) is 28.1 Å². The molecular weight excluding hydrogens is 336 g/mol. The van der Waals surface area contributed by atoms with Crippen molar-refractivity contribution < 1.29 is 9.66 Å². The molecule has 0 unspecified atom stereocenters. The van der Waals surface area contributed by atoms with E-state index in [4.69, 9.17) is 4.74 Å². The average Bonchev–Trinajstić information content (AvgIpc) is 2.48. The number of nitrogens with zero attached hydrogens (tertiary/aromatic N) is 2. The highest BCUT2D eigenvalue weighted by atomic mass is 79.9. The number of fused-ring (bicyclic) bond motifs is 1. The fourth-order valence-electron chi connectivity index (χ4n) is 1.92. The smallest absolute Gasteiger partial charge is 0.287 e. The maximum Gasteiger partial charge on any atom is 0.287 e. The summed E-state index contributed by atoms with van der Waals surface area (Å²) >= 11 is 3.43. The van der Waals surface area contributed by atoms with E-state index in [0.717, 1.165) is 15.2 Å². The van der Waals surface area contributed by atoms with Crippen LogP contribution in [0.25, 0.3) is 10.8 Å². The summed E-state index contributed by atoms with van der Waals surface area (Å²) in [6.07, 6.45) is 1.17. The second-order valence-electron chi connectivity index (χ2n) is 4.37. The lowest BCUT2D eigenvalue weighted by atomic mass is 10.1. The Morgan fingerprint density at radius 3 is 2.52 bits per heavy atom. The molecule has 0 aliphatic carbocycles. The number of halogens is 1. The van der Waals surface area contributed by atoms with Crippen molar-refractivity contribution in [2.45, 2.75) is 0 Å². The summed E-state index contributed by atoms with van der Waals surface area (Å²) in [7, 11) is 0. The Labute approximate surface area is 128 Å². The molecule has 5 nitrogen and oxygen atoms in total. The summed E-state index contributed by atoms with van der Waals surface area (Å²) in [6, 6.07) is 14.5. The van der Waals surface area contributed by atoms with Crippen LogP contribution < -0.4 is 4.74 Å². The number of rotatable bonds is 3. The van der Waals surface area contributed by atoms with E-state index in [2.05, 4.69) is 20.9 Å². The summed E-state index contributed by atoms with van der Waals surface area (Å²) in [5, 5.41) is 12.7. The third-order valence-electron chi connectivity index (χ3n) is 2.93. The molecule has 0 atom stereocenters. The van der Waals surface area contributed by atoms with E-state index in [1.807, 2.05) is 36.4 Å². The predicted molar refractivity (Wildman–Crippen MR) is 82.6 cm³/mol. The molecule has 0 saturated carbocycles. The van der Waals surface area contributed by atoms with Crippen LogP contribution in [0, 0.1) is 10.1 Å². The Morgan fingerprint density at radius 1 is 1.05 bits per heavy atom. The van der Waals surface area contributed by atoms with Crippen LogP contribution in [0.15, 0.2) is 59.2 Å². The standard InChI is InChI=1S/C15H9BrN2O3/c16-12-3-1-11-8-14(5-2-10(11)7-12)21-15-6-4-13(9-17-15)18(19)20/h1-9H. The molecule has 3 aromatic rings. The van der Waals surface area contributed by atoms with E-state index in [1.165, 1.54) is 18.3 Å². The van der Waals surface area contributed by atoms with Crippen molar-refractivity contribution in [1.29, 1.82) is 0 Å². The molecule has 0 saturated heterocycles. The molecule has 104 valence electrons. The maximum absolute atomic E-state index is 10.6. The van der Waals surface area contributed by atoms with Gasteiger partial charge < -0.3 is 4.74 Å². The van der Waals surface area contributed by atoms with Crippen LogP contribution in [-0.4, -0.2) is 9.91 Å². The summed E-state index contributed by atoms with van der Waals surface area (Å²) < 4.78 is 6.62.